The summed E-state index contributed by atoms with van der Waals surface area (Å²) in [5.41, 5.74) is 5.68. The van der Waals surface area contributed by atoms with Crippen LogP contribution in [0.1, 0.15) is 30.6 Å². The van der Waals surface area contributed by atoms with E-state index in [-0.39, 0.29) is 21.6 Å². The molecule has 0 amide bonds. The lowest BCUT2D eigenvalue weighted by atomic mass is 10.0. The van der Waals surface area contributed by atoms with Gasteiger partial charge in [-0.15, -0.1) is 0 Å². The molecule has 0 bridgehead atoms. The molecule has 2 heterocycles. The minimum atomic E-state index is -1.06. The number of nitrogens with one attached hydrogen (secondary N) is 1. The molecule has 1 aromatic heterocycles. The molecule has 2 aromatic rings. The van der Waals surface area contributed by atoms with E-state index in [0.717, 1.165) is 0 Å². The summed E-state index contributed by atoms with van der Waals surface area (Å²) in [6, 6.07) is 4.21. The zero-order valence-electron chi connectivity index (χ0n) is 14.5. The van der Waals surface area contributed by atoms with E-state index >= 15 is 0 Å². The highest BCUT2D eigenvalue weighted by molar-refractivity contribution is 6.36. The summed E-state index contributed by atoms with van der Waals surface area (Å²) >= 11 is 12.2. The van der Waals surface area contributed by atoms with Crippen LogP contribution in [0.5, 0.6) is 5.75 Å². The van der Waals surface area contributed by atoms with Crippen LogP contribution in [0.4, 0.5) is 10.2 Å². The van der Waals surface area contributed by atoms with E-state index in [1.807, 2.05) is 0 Å². The van der Waals surface area contributed by atoms with Crippen molar-refractivity contribution in [3.05, 3.63) is 51.4 Å². The highest BCUT2D eigenvalue weighted by Gasteiger charge is 2.28. The molecule has 0 aliphatic carbocycles. The molecule has 2 atom stereocenters. The van der Waals surface area contributed by atoms with Crippen molar-refractivity contribution in [3.8, 4) is 17.6 Å². The fourth-order valence-electron chi connectivity index (χ4n) is 2.76. The summed E-state index contributed by atoms with van der Waals surface area (Å²) in [5, 5.41) is 13.5. The average molecular weight is 410 g/mol. The van der Waals surface area contributed by atoms with Gasteiger partial charge in [-0.1, -0.05) is 35.0 Å². The summed E-state index contributed by atoms with van der Waals surface area (Å²) in [5.74, 6) is 5.56. The normalized spacial score (nSPS) is 20.0. The van der Waals surface area contributed by atoms with Crippen LogP contribution < -0.4 is 15.8 Å². The standard InChI is InChI=1S/C19H18Cl2FN3O2/c1-11(16-13(20)2-3-14(22)17(16)21)27-15-8-12(9-25-18(15)23)4-5-19(26)6-7-24-10-19/h2-3,8-9,11,24,26H,6-7,10H2,1H3,(H2,23,25)/t11-,19?/m1/s1. The van der Waals surface area contributed by atoms with Gasteiger partial charge in [-0.25, -0.2) is 9.37 Å². The summed E-state index contributed by atoms with van der Waals surface area (Å²) in [6.45, 7) is 2.81. The number of hydrogen-bond acceptors (Lipinski definition) is 5. The summed E-state index contributed by atoms with van der Waals surface area (Å²) in [7, 11) is 0. The molecular weight excluding hydrogens is 392 g/mol. The van der Waals surface area contributed by atoms with Gasteiger partial charge in [-0.05, 0) is 25.6 Å². The molecule has 4 N–H and O–H groups in total. The number of ether oxygens (including phenoxy) is 1. The van der Waals surface area contributed by atoms with Crippen molar-refractivity contribution in [2.45, 2.75) is 25.0 Å². The average Bonchev–Trinajstić information content (AvgIpc) is 3.06. The van der Waals surface area contributed by atoms with Crippen LogP contribution in [-0.2, 0) is 0 Å². The second kappa shape index (κ2) is 7.91. The first-order valence-electron chi connectivity index (χ1n) is 8.31. The van der Waals surface area contributed by atoms with Crippen molar-refractivity contribution >= 4 is 29.0 Å². The number of β-amino-alcohol motifs (C(OH)–C–C–N with tert-alkyl or cyclic N) is 1. The van der Waals surface area contributed by atoms with Gasteiger partial charge in [0.25, 0.3) is 0 Å². The molecule has 0 spiro atoms. The first-order chi connectivity index (χ1) is 12.8. The second-order valence-electron chi connectivity index (χ2n) is 6.33. The molecule has 1 aliphatic heterocycles. The van der Waals surface area contributed by atoms with E-state index in [1.54, 1.807) is 13.0 Å². The summed E-state index contributed by atoms with van der Waals surface area (Å²) < 4.78 is 19.6. The molecule has 1 aliphatic rings. The number of hydrogen-bond donors (Lipinski definition) is 3. The van der Waals surface area contributed by atoms with E-state index in [2.05, 4.69) is 22.1 Å². The monoisotopic (exact) mass is 409 g/mol. The van der Waals surface area contributed by atoms with Crippen LogP contribution in [-0.4, -0.2) is 28.8 Å². The molecule has 5 nitrogen and oxygen atoms in total. The quantitative estimate of drug-likeness (QED) is 0.535. The van der Waals surface area contributed by atoms with Crippen LogP contribution >= 0.6 is 23.2 Å². The molecule has 1 saturated heterocycles. The molecule has 142 valence electrons. The highest BCUT2D eigenvalue weighted by atomic mass is 35.5. The lowest BCUT2D eigenvalue weighted by Crippen LogP contribution is -2.29. The Morgan fingerprint density at radius 2 is 2.22 bits per heavy atom. The number of aliphatic hydroxyl groups is 1. The number of nitrogen functional groups attached to an aromatic ring is 1. The third-order valence-electron chi connectivity index (χ3n) is 4.24. The highest BCUT2D eigenvalue weighted by Crippen LogP contribution is 2.35. The zero-order chi connectivity index (χ0) is 19.6. The van der Waals surface area contributed by atoms with Crippen molar-refractivity contribution in [2.24, 2.45) is 0 Å². The number of pyridine rings is 1. The van der Waals surface area contributed by atoms with Gasteiger partial charge in [0.2, 0.25) is 0 Å². The molecule has 1 unspecified atom stereocenters. The SMILES string of the molecule is C[C@@H](Oc1cc(C#CC2(O)CCNC2)cnc1N)c1c(Cl)ccc(F)c1Cl. The van der Waals surface area contributed by atoms with Crippen molar-refractivity contribution < 1.29 is 14.2 Å². The fraction of sp³-hybridized carbons (Fsp3) is 0.316. The number of benzene rings is 1. The third kappa shape index (κ3) is 4.45. The number of nitrogens with two attached hydrogens (primary N) is 1. The minimum Gasteiger partial charge on any atom is -0.482 e. The van der Waals surface area contributed by atoms with Crippen LogP contribution in [0.25, 0.3) is 0 Å². The maximum absolute atomic E-state index is 13.8. The molecule has 8 heteroatoms. The van der Waals surface area contributed by atoms with Crippen LogP contribution in [0, 0.1) is 17.7 Å². The summed E-state index contributed by atoms with van der Waals surface area (Å²) in [4.78, 5) is 4.07. The Balaban J connectivity index is 1.85. The topological polar surface area (TPSA) is 80.4 Å². The van der Waals surface area contributed by atoms with Gasteiger partial charge >= 0.3 is 0 Å². The van der Waals surface area contributed by atoms with E-state index in [1.165, 1.54) is 18.3 Å². The van der Waals surface area contributed by atoms with Gasteiger partial charge < -0.3 is 20.9 Å². The Morgan fingerprint density at radius 3 is 2.93 bits per heavy atom. The number of rotatable bonds is 3. The van der Waals surface area contributed by atoms with E-state index in [9.17, 15) is 9.50 Å². The van der Waals surface area contributed by atoms with Crippen molar-refractivity contribution in [1.82, 2.24) is 10.3 Å². The molecule has 27 heavy (non-hydrogen) atoms. The van der Waals surface area contributed by atoms with E-state index < -0.39 is 17.5 Å². The zero-order valence-corrected chi connectivity index (χ0v) is 16.0. The lowest BCUT2D eigenvalue weighted by molar-refractivity contribution is 0.124. The van der Waals surface area contributed by atoms with Gasteiger partial charge in [0.1, 0.15) is 17.5 Å². The largest absolute Gasteiger partial charge is 0.482 e. The maximum Gasteiger partial charge on any atom is 0.166 e. The molecular formula is C19H18Cl2FN3O2. The van der Waals surface area contributed by atoms with Gasteiger partial charge in [0.05, 0.1) is 5.02 Å². The smallest absolute Gasteiger partial charge is 0.166 e. The number of halogens is 3. The predicted octanol–water partition coefficient (Wildman–Crippen LogP) is 3.33. The van der Waals surface area contributed by atoms with Crippen molar-refractivity contribution in [3.63, 3.8) is 0 Å². The Hall–Kier alpha value is -2.04. The van der Waals surface area contributed by atoms with E-state index in [4.69, 9.17) is 33.7 Å². The molecule has 1 fully saturated rings. The first kappa shape index (κ1) is 19.7. The van der Waals surface area contributed by atoms with Crippen molar-refractivity contribution in [1.29, 1.82) is 0 Å². The minimum absolute atomic E-state index is 0.103. The number of aromatic nitrogens is 1. The molecule has 3 rings (SSSR count). The van der Waals surface area contributed by atoms with Gasteiger partial charge in [0.15, 0.2) is 11.6 Å². The Labute approximate surface area is 166 Å². The second-order valence-corrected chi connectivity index (χ2v) is 7.12. The lowest BCUT2D eigenvalue weighted by Gasteiger charge is -2.19. The Kier molecular flexibility index (Phi) is 5.78. The fourth-order valence-corrected chi connectivity index (χ4v) is 3.43. The van der Waals surface area contributed by atoms with Crippen molar-refractivity contribution in [2.75, 3.05) is 18.8 Å². The Morgan fingerprint density at radius 1 is 1.44 bits per heavy atom. The molecule has 1 aromatic carbocycles. The molecule has 0 radical (unpaired) electrons. The third-order valence-corrected chi connectivity index (χ3v) is 4.96. The summed E-state index contributed by atoms with van der Waals surface area (Å²) in [6.07, 6.45) is 1.38. The number of nitrogens with zero attached hydrogens (tertiary/aromatic N) is 1. The van der Waals surface area contributed by atoms with Gasteiger partial charge in [-0.3, -0.25) is 0 Å². The Bertz CT molecular complexity index is 921. The van der Waals surface area contributed by atoms with Crippen LogP contribution in [0.3, 0.4) is 0 Å². The van der Waals surface area contributed by atoms with E-state index in [0.29, 0.717) is 30.6 Å². The number of anilines is 1. The maximum atomic E-state index is 13.8. The molecule has 0 saturated carbocycles. The van der Waals surface area contributed by atoms with Crippen LogP contribution in [0.15, 0.2) is 24.4 Å². The predicted molar refractivity (Wildman–Crippen MR) is 103 cm³/mol. The van der Waals surface area contributed by atoms with Gasteiger partial charge in [0, 0.05) is 41.4 Å². The van der Waals surface area contributed by atoms with Crippen LogP contribution in [0.2, 0.25) is 10.0 Å². The van der Waals surface area contributed by atoms with Gasteiger partial charge in [-0.2, -0.15) is 0 Å². The first-order valence-corrected chi connectivity index (χ1v) is 9.06.